The van der Waals surface area contributed by atoms with Crippen LogP contribution < -0.4 is 9.47 Å². The highest BCUT2D eigenvalue weighted by molar-refractivity contribution is 7.20. The molecule has 6 nitrogen and oxygen atoms in total. The zero-order valence-corrected chi connectivity index (χ0v) is 15.2. The number of ether oxygens (including phenoxy) is 3. The van der Waals surface area contributed by atoms with Crippen molar-refractivity contribution in [2.24, 2.45) is 7.05 Å². The molecule has 2 aromatic heterocycles. The fourth-order valence-electron chi connectivity index (χ4n) is 2.77. The third kappa shape index (κ3) is 2.94. The predicted octanol–water partition coefficient (Wildman–Crippen LogP) is 3.72. The summed E-state index contributed by atoms with van der Waals surface area (Å²) in [5.41, 5.74) is 1.65. The van der Waals surface area contributed by atoms with Crippen molar-refractivity contribution in [2.45, 2.75) is 13.5 Å². The van der Waals surface area contributed by atoms with Gasteiger partial charge in [0.05, 0.1) is 10.7 Å². The van der Waals surface area contributed by atoms with Crippen molar-refractivity contribution >= 4 is 39.1 Å². The third-order valence-corrected chi connectivity index (χ3v) is 5.39. The normalized spacial score (nSPS) is 13.2. The van der Waals surface area contributed by atoms with E-state index in [1.807, 2.05) is 20.0 Å². The number of halogens is 1. The lowest BCUT2D eigenvalue weighted by Crippen LogP contribution is -2.16. The molecule has 3 heterocycles. The molecule has 130 valence electrons. The van der Waals surface area contributed by atoms with E-state index >= 15 is 0 Å². The van der Waals surface area contributed by atoms with Gasteiger partial charge in [0.25, 0.3) is 0 Å². The van der Waals surface area contributed by atoms with Crippen LogP contribution in [0.5, 0.6) is 11.5 Å². The van der Waals surface area contributed by atoms with Crippen molar-refractivity contribution in [1.29, 1.82) is 0 Å². The zero-order chi connectivity index (χ0) is 17.6. The lowest BCUT2D eigenvalue weighted by molar-refractivity contribution is 0.0478. The van der Waals surface area contributed by atoms with Crippen LogP contribution in [0.1, 0.15) is 20.9 Å². The van der Waals surface area contributed by atoms with E-state index in [-0.39, 0.29) is 12.6 Å². The molecule has 1 aliphatic heterocycles. The Labute approximate surface area is 152 Å². The summed E-state index contributed by atoms with van der Waals surface area (Å²) in [6.07, 6.45) is 0. The fraction of sp³-hybridized carbons (Fsp3) is 0.294. The number of rotatable bonds is 3. The van der Waals surface area contributed by atoms with Gasteiger partial charge in [-0.2, -0.15) is 5.10 Å². The van der Waals surface area contributed by atoms with E-state index in [1.165, 1.54) is 11.3 Å². The molecule has 0 saturated heterocycles. The van der Waals surface area contributed by atoms with Crippen molar-refractivity contribution < 1.29 is 19.0 Å². The fourth-order valence-corrected chi connectivity index (χ4v) is 4.08. The van der Waals surface area contributed by atoms with Gasteiger partial charge in [-0.15, -0.1) is 11.3 Å². The molecule has 8 heteroatoms. The van der Waals surface area contributed by atoms with Crippen molar-refractivity contribution in [2.75, 3.05) is 13.2 Å². The lowest BCUT2D eigenvalue weighted by atomic mass is 10.2. The molecule has 0 bridgehead atoms. The second-order valence-electron chi connectivity index (χ2n) is 5.72. The van der Waals surface area contributed by atoms with E-state index in [4.69, 9.17) is 25.8 Å². The van der Waals surface area contributed by atoms with E-state index in [0.717, 1.165) is 21.5 Å². The number of hydrogen-bond acceptors (Lipinski definition) is 6. The number of thiophene rings is 1. The Bertz CT molecular complexity index is 944. The van der Waals surface area contributed by atoms with Crippen LogP contribution in [0.4, 0.5) is 0 Å². The lowest BCUT2D eigenvalue weighted by Gasteiger charge is -2.20. The third-order valence-electron chi connectivity index (χ3n) is 3.92. The summed E-state index contributed by atoms with van der Waals surface area (Å²) in [6.45, 7) is 2.98. The number of aryl methyl sites for hydroxylation is 2. The summed E-state index contributed by atoms with van der Waals surface area (Å²) in [5, 5.41) is 5.75. The van der Waals surface area contributed by atoms with Crippen LogP contribution in [0.25, 0.3) is 10.2 Å². The summed E-state index contributed by atoms with van der Waals surface area (Å²) in [6, 6.07) is 5.33. The standard InChI is InChI=1S/C17H15ClN2O4S/c1-9-11-7-14(25-16(11)20(2)19-9)17(21)24-8-10-5-12(18)15-13(6-10)22-3-4-23-15/h5-7H,3-4,8H2,1-2H3. The molecule has 0 saturated carbocycles. The van der Waals surface area contributed by atoms with Crippen LogP contribution in [-0.4, -0.2) is 29.0 Å². The predicted molar refractivity (Wildman–Crippen MR) is 94.9 cm³/mol. The molecule has 0 amide bonds. The molecule has 0 fully saturated rings. The molecular weight excluding hydrogens is 364 g/mol. The Morgan fingerprint density at radius 3 is 2.96 bits per heavy atom. The van der Waals surface area contributed by atoms with Crippen molar-refractivity contribution in [3.63, 3.8) is 0 Å². The first-order chi connectivity index (χ1) is 12.0. The van der Waals surface area contributed by atoms with E-state index < -0.39 is 0 Å². The smallest absolute Gasteiger partial charge is 0.348 e. The van der Waals surface area contributed by atoms with Crippen LogP contribution in [0.3, 0.4) is 0 Å². The van der Waals surface area contributed by atoms with Gasteiger partial charge in [0, 0.05) is 12.4 Å². The zero-order valence-electron chi connectivity index (χ0n) is 13.7. The molecule has 1 aliphatic rings. The Morgan fingerprint density at radius 1 is 1.36 bits per heavy atom. The summed E-state index contributed by atoms with van der Waals surface area (Å²) in [4.78, 5) is 13.9. The topological polar surface area (TPSA) is 62.6 Å². The molecule has 1 aromatic carbocycles. The van der Waals surface area contributed by atoms with Gasteiger partial charge in [0.15, 0.2) is 11.5 Å². The maximum atomic E-state index is 12.4. The van der Waals surface area contributed by atoms with Crippen LogP contribution in [0, 0.1) is 6.92 Å². The highest BCUT2D eigenvalue weighted by Gasteiger charge is 2.19. The largest absolute Gasteiger partial charge is 0.486 e. The number of hydrogen-bond donors (Lipinski definition) is 0. The molecule has 0 aliphatic carbocycles. The van der Waals surface area contributed by atoms with Crippen molar-refractivity contribution in [3.8, 4) is 11.5 Å². The van der Waals surface area contributed by atoms with E-state index in [1.54, 1.807) is 16.8 Å². The number of carbonyl (C=O) groups is 1. The van der Waals surface area contributed by atoms with Gasteiger partial charge in [0.2, 0.25) is 0 Å². The van der Waals surface area contributed by atoms with Gasteiger partial charge >= 0.3 is 5.97 Å². The first-order valence-electron chi connectivity index (χ1n) is 7.71. The number of aromatic nitrogens is 2. The SMILES string of the molecule is Cc1nn(C)c2sc(C(=O)OCc3cc(Cl)c4c(c3)OCCO4)cc12. The maximum absolute atomic E-state index is 12.4. The van der Waals surface area contributed by atoms with Crippen molar-refractivity contribution in [3.05, 3.63) is 39.4 Å². The number of fused-ring (bicyclic) bond motifs is 2. The minimum atomic E-state index is -0.369. The molecular formula is C17H15ClN2O4S. The molecule has 0 radical (unpaired) electrons. The number of nitrogens with zero attached hydrogens (tertiary/aromatic N) is 2. The number of esters is 1. The van der Waals surface area contributed by atoms with Gasteiger partial charge < -0.3 is 14.2 Å². The Morgan fingerprint density at radius 2 is 2.16 bits per heavy atom. The van der Waals surface area contributed by atoms with E-state index in [9.17, 15) is 4.79 Å². The number of benzene rings is 1. The Balaban J connectivity index is 1.51. The molecule has 4 rings (SSSR count). The second-order valence-corrected chi connectivity index (χ2v) is 7.15. The molecule has 0 atom stereocenters. The molecule has 0 spiro atoms. The number of carbonyl (C=O) groups excluding carboxylic acids is 1. The average Bonchev–Trinajstić information content (AvgIpc) is 3.15. The molecule has 0 N–H and O–H groups in total. The first-order valence-corrected chi connectivity index (χ1v) is 8.90. The molecule has 3 aromatic rings. The van der Waals surface area contributed by atoms with Crippen molar-refractivity contribution in [1.82, 2.24) is 9.78 Å². The van der Waals surface area contributed by atoms with Crippen LogP contribution >= 0.6 is 22.9 Å². The van der Waals surface area contributed by atoms with Gasteiger partial charge in [-0.1, -0.05) is 11.6 Å². The summed E-state index contributed by atoms with van der Waals surface area (Å²) < 4.78 is 18.2. The quantitative estimate of drug-likeness (QED) is 0.650. The van der Waals surface area contributed by atoms with Gasteiger partial charge in [0.1, 0.15) is 29.5 Å². The maximum Gasteiger partial charge on any atom is 0.348 e. The van der Waals surface area contributed by atoms with E-state index in [0.29, 0.717) is 34.6 Å². The van der Waals surface area contributed by atoms with E-state index in [2.05, 4.69) is 5.10 Å². The highest BCUT2D eigenvalue weighted by atomic mass is 35.5. The molecule has 0 unspecified atom stereocenters. The monoisotopic (exact) mass is 378 g/mol. The summed E-state index contributed by atoms with van der Waals surface area (Å²) >= 11 is 7.57. The second kappa shape index (κ2) is 6.24. The summed E-state index contributed by atoms with van der Waals surface area (Å²) in [7, 11) is 1.86. The minimum Gasteiger partial charge on any atom is -0.486 e. The van der Waals surface area contributed by atoms with Gasteiger partial charge in [-0.25, -0.2) is 4.79 Å². The highest BCUT2D eigenvalue weighted by Crippen LogP contribution is 2.38. The Kier molecular flexibility index (Phi) is 4.05. The molecule has 25 heavy (non-hydrogen) atoms. The van der Waals surface area contributed by atoms with Crippen LogP contribution in [0.2, 0.25) is 5.02 Å². The van der Waals surface area contributed by atoms with Gasteiger partial charge in [-0.05, 0) is 30.7 Å². The average molecular weight is 379 g/mol. The Hall–Kier alpha value is -2.25. The summed E-state index contributed by atoms with van der Waals surface area (Å²) in [5.74, 6) is 0.746. The first kappa shape index (κ1) is 16.2. The minimum absolute atomic E-state index is 0.112. The van der Waals surface area contributed by atoms with Crippen LogP contribution in [0.15, 0.2) is 18.2 Å². The van der Waals surface area contributed by atoms with Crippen LogP contribution in [-0.2, 0) is 18.4 Å². The van der Waals surface area contributed by atoms with Gasteiger partial charge in [-0.3, -0.25) is 4.68 Å².